The van der Waals surface area contributed by atoms with E-state index in [1.165, 1.54) is 19.3 Å². The normalized spacial score (nSPS) is 19.1. The van der Waals surface area contributed by atoms with Crippen molar-refractivity contribution in [3.05, 3.63) is 28.2 Å². The smallest absolute Gasteiger partial charge is 0.106 e. The molecule has 3 nitrogen and oxygen atoms in total. The summed E-state index contributed by atoms with van der Waals surface area (Å²) >= 11 is 8.51. The Morgan fingerprint density at radius 3 is 3.00 bits per heavy atom. The maximum absolute atomic E-state index is 5.74. The zero-order chi connectivity index (χ0) is 13.7. The van der Waals surface area contributed by atoms with Crippen LogP contribution in [-0.2, 0) is 4.74 Å². The number of nitrogens with one attached hydrogen (secondary N) is 1. The van der Waals surface area contributed by atoms with E-state index in [0.717, 1.165) is 35.3 Å². The number of hydrogen-bond acceptors (Lipinski definition) is 3. The van der Waals surface area contributed by atoms with Gasteiger partial charge in [-0.25, -0.2) is 0 Å². The third-order valence-electron chi connectivity index (χ3n) is 3.30. The summed E-state index contributed by atoms with van der Waals surface area (Å²) in [5.41, 5.74) is 7.62. The van der Waals surface area contributed by atoms with Gasteiger partial charge in [-0.2, -0.15) is 0 Å². The summed E-state index contributed by atoms with van der Waals surface area (Å²) in [5.74, 6) is 0. The minimum atomic E-state index is 0.393. The second kappa shape index (κ2) is 7.22. The number of thiocarbonyl (C=S) groups is 1. The largest absolute Gasteiger partial charge is 0.389 e. The highest BCUT2D eigenvalue weighted by atomic mass is 79.9. The average Bonchev–Trinajstić information content (AvgIpc) is 2.41. The van der Waals surface area contributed by atoms with Gasteiger partial charge in [-0.3, -0.25) is 0 Å². The molecule has 104 valence electrons. The molecule has 1 aromatic carbocycles. The number of rotatable bonds is 5. The van der Waals surface area contributed by atoms with Gasteiger partial charge >= 0.3 is 0 Å². The average molecular weight is 343 g/mol. The van der Waals surface area contributed by atoms with E-state index < -0.39 is 0 Å². The second-order valence-electron chi connectivity index (χ2n) is 4.76. The van der Waals surface area contributed by atoms with Gasteiger partial charge < -0.3 is 15.8 Å². The standard InChI is InChI=1S/C14H19BrN2OS/c15-10-4-5-13(12(9-10)14(16)19)17-7-6-11-3-1-2-8-18-11/h4-5,9,11,17H,1-3,6-8H2,(H2,16,19). The van der Waals surface area contributed by atoms with Crippen molar-refractivity contribution < 1.29 is 4.74 Å². The molecule has 1 unspecified atom stereocenters. The van der Waals surface area contributed by atoms with Crippen molar-refractivity contribution >= 4 is 38.8 Å². The van der Waals surface area contributed by atoms with E-state index in [1.807, 2.05) is 18.2 Å². The zero-order valence-corrected chi connectivity index (χ0v) is 13.2. The van der Waals surface area contributed by atoms with Crippen LogP contribution >= 0.6 is 28.1 Å². The Balaban J connectivity index is 1.89. The van der Waals surface area contributed by atoms with E-state index in [9.17, 15) is 0 Å². The van der Waals surface area contributed by atoms with Gasteiger partial charge in [0.05, 0.1) is 6.10 Å². The van der Waals surface area contributed by atoms with Crippen molar-refractivity contribution in [1.29, 1.82) is 0 Å². The van der Waals surface area contributed by atoms with Crippen molar-refractivity contribution in [2.75, 3.05) is 18.5 Å². The molecular formula is C14H19BrN2OS. The van der Waals surface area contributed by atoms with Gasteiger partial charge in [0.1, 0.15) is 4.99 Å². The van der Waals surface area contributed by atoms with Gasteiger partial charge in [0.25, 0.3) is 0 Å². The van der Waals surface area contributed by atoms with Crippen LogP contribution in [0.3, 0.4) is 0 Å². The molecule has 19 heavy (non-hydrogen) atoms. The Morgan fingerprint density at radius 1 is 1.47 bits per heavy atom. The van der Waals surface area contributed by atoms with Crippen LogP contribution < -0.4 is 11.1 Å². The number of hydrogen-bond donors (Lipinski definition) is 2. The third kappa shape index (κ3) is 4.44. The predicted octanol–water partition coefficient (Wildman–Crippen LogP) is 3.45. The molecule has 0 bridgehead atoms. The lowest BCUT2D eigenvalue weighted by Gasteiger charge is -2.23. The topological polar surface area (TPSA) is 47.3 Å². The van der Waals surface area contributed by atoms with Gasteiger partial charge in [-0.05, 0) is 43.9 Å². The molecular weight excluding hydrogens is 324 g/mol. The van der Waals surface area contributed by atoms with Gasteiger partial charge in [0.2, 0.25) is 0 Å². The lowest BCUT2D eigenvalue weighted by molar-refractivity contribution is 0.0134. The number of nitrogens with two attached hydrogens (primary N) is 1. The van der Waals surface area contributed by atoms with Crippen LogP contribution in [0.5, 0.6) is 0 Å². The lowest BCUT2D eigenvalue weighted by Crippen LogP contribution is -2.22. The van der Waals surface area contributed by atoms with Crippen molar-refractivity contribution in [2.24, 2.45) is 5.73 Å². The summed E-state index contributed by atoms with van der Waals surface area (Å²) < 4.78 is 6.70. The maximum atomic E-state index is 5.74. The molecule has 5 heteroatoms. The van der Waals surface area contributed by atoms with Crippen LogP contribution in [0.2, 0.25) is 0 Å². The van der Waals surface area contributed by atoms with E-state index >= 15 is 0 Å². The highest BCUT2D eigenvalue weighted by Crippen LogP contribution is 2.22. The van der Waals surface area contributed by atoms with E-state index in [-0.39, 0.29) is 0 Å². The van der Waals surface area contributed by atoms with Crippen molar-refractivity contribution in [2.45, 2.75) is 31.8 Å². The minimum absolute atomic E-state index is 0.393. The fourth-order valence-corrected chi connectivity index (χ4v) is 2.81. The summed E-state index contributed by atoms with van der Waals surface area (Å²) in [6, 6.07) is 5.93. The van der Waals surface area contributed by atoms with Crippen molar-refractivity contribution in [1.82, 2.24) is 0 Å². The summed E-state index contributed by atoms with van der Waals surface area (Å²) in [6.07, 6.45) is 5.06. The van der Waals surface area contributed by atoms with Crippen LogP contribution in [-0.4, -0.2) is 24.2 Å². The highest BCUT2D eigenvalue weighted by molar-refractivity contribution is 9.10. The fourth-order valence-electron chi connectivity index (χ4n) is 2.28. The molecule has 2 rings (SSSR count). The van der Waals surface area contributed by atoms with E-state index in [0.29, 0.717) is 11.1 Å². The summed E-state index contributed by atoms with van der Waals surface area (Å²) in [6.45, 7) is 1.78. The van der Waals surface area contributed by atoms with E-state index in [1.54, 1.807) is 0 Å². The highest BCUT2D eigenvalue weighted by Gasteiger charge is 2.13. The van der Waals surface area contributed by atoms with Gasteiger partial charge in [0.15, 0.2) is 0 Å². The first-order valence-electron chi connectivity index (χ1n) is 6.61. The van der Waals surface area contributed by atoms with Gasteiger partial charge in [0, 0.05) is 28.9 Å². The minimum Gasteiger partial charge on any atom is -0.389 e. The summed E-state index contributed by atoms with van der Waals surface area (Å²) in [4.78, 5) is 0.415. The molecule has 1 saturated heterocycles. The molecule has 1 fully saturated rings. The summed E-state index contributed by atoms with van der Waals surface area (Å²) in [5, 5.41) is 3.40. The quantitative estimate of drug-likeness (QED) is 0.804. The van der Waals surface area contributed by atoms with Crippen molar-refractivity contribution in [3.63, 3.8) is 0 Å². The lowest BCUT2D eigenvalue weighted by atomic mass is 10.1. The van der Waals surface area contributed by atoms with Crippen LogP contribution in [0.4, 0.5) is 5.69 Å². The van der Waals surface area contributed by atoms with Crippen molar-refractivity contribution in [3.8, 4) is 0 Å². The van der Waals surface area contributed by atoms with E-state index in [4.69, 9.17) is 22.7 Å². The molecule has 1 aromatic rings. The zero-order valence-electron chi connectivity index (χ0n) is 10.8. The Bertz CT molecular complexity index is 447. The Labute approximate surface area is 128 Å². The monoisotopic (exact) mass is 342 g/mol. The molecule has 0 aromatic heterocycles. The number of benzene rings is 1. The first kappa shape index (κ1) is 14.8. The molecule has 0 saturated carbocycles. The maximum Gasteiger partial charge on any atom is 0.106 e. The Kier molecular flexibility index (Phi) is 5.60. The van der Waals surface area contributed by atoms with E-state index in [2.05, 4.69) is 21.2 Å². The first-order valence-corrected chi connectivity index (χ1v) is 7.82. The van der Waals surface area contributed by atoms with Crippen LogP contribution in [0.25, 0.3) is 0 Å². The molecule has 1 aliphatic rings. The molecule has 0 spiro atoms. The molecule has 0 amide bonds. The number of halogens is 1. The predicted molar refractivity (Wildman–Crippen MR) is 86.7 cm³/mol. The molecule has 0 aliphatic carbocycles. The molecule has 1 atom stereocenters. The summed E-state index contributed by atoms with van der Waals surface area (Å²) in [7, 11) is 0. The molecule has 1 aliphatic heterocycles. The third-order valence-corrected chi connectivity index (χ3v) is 4.02. The van der Waals surface area contributed by atoms with Gasteiger partial charge in [-0.1, -0.05) is 28.1 Å². The van der Waals surface area contributed by atoms with Crippen LogP contribution in [0, 0.1) is 0 Å². The Morgan fingerprint density at radius 2 is 2.32 bits per heavy atom. The Hall–Kier alpha value is -0.650. The first-order chi connectivity index (χ1) is 9.16. The van der Waals surface area contributed by atoms with Gasteiger partial charge in [-0.15, -0.1) is 0 Å². The SMILES string of the molecule is NC(=S)c1cc(Br)ccc1NCCC1CCCCO1. The molecule has 0 radical (unpaired) electrons. The van der Waals surface area contributed by atoms with Crippen LogP contribution in [0.15, 0.2) is 22.7 Å². The number of ether oxygens (including phenoxy) is 1. The molecule has 3 N–H and O–H groups in total. The van der Waals surface area contributed by atoms with Crippen LogP contribution in [0.1, 0.15) is 31.2 Å². The number of anilines is 1. The second-order valence-corrected chi connectivity index (χ2v) is 6.11. The molecule has 1 heterocycles. The fraction of sp³-hybridized carbons (Fsp3) is 0.500.